The van der Waals surface area contributed by atoms with Gasteiger partial charge in [0.25, 0.3) is 12.3 Å². The van der Waals surface area contributed by atoms with Gasteiger partial charge in [-0.15, -0.1) is 0 Å². The zero-order chi connectivity index (χ0) is 19.4. The van der Waals surface area contributed by atoms with Crippen LogP contribution in [0, 0.1) is 0 Å². The van der Waals surface area contributed by atoms with Crippen molar-refractivity contribution in [3.05, 3.63) is 53.9 Å². The average Bonchev–Trinajstić information content (AvgIpc) is 3.08. The SMILES string of the molecule is CN(C)CCCNC(=O)c1cnn2c(C(F)F)cc(-c3ccccc3)nc12. The molecule has 1 N–H and O–H groups in total. The Morgan fingerprint density at radius 3 is 2.67 bits per heavy atom. The predicted octanol–water partition coefficient (Wildman–Crippen LogP) is 3.02. The van der Waals surface area contributed by atoms with Gasteiger partial charge >= 0.3 is 0 Å². The number of alkyl halides is 2. The number of aromatic nitrogens is 3. The van der Waals surface area contributed by atoms with E-state index in [0.29, 0.717) is 17.8 Å². The van der Waals surface area contributed by atoms with Crippen molar-refractivity contribution in [1.82, 2.24) is 24.8 Å². The predicted molar refractivity (Wildman–Crippen MR) is 98.9 cm³/mol. The maximum Gasteiger partial charge on any atom is 0.280 e. The number of hydrogen-bond acceptors (Lipinski definition) is 4. The molecule has 1 amide bonds. The fraction of sp³-hybridized carbons (Fsp3) is 0.316. The van der Waals surface area contributed by atoms with Crippen LogP contribution in [0.3, 0.4) is 0 Å². The fourth-order valence-electron chi connectivity index (χ4n) is 2.75. The molecule has 27 heavy (non-hydrogen) atoms. The average molecular weight is 373 g/mol. The third kappa shape index (κ3) is 4.28. The van der Waals surface area contributed by atoms with E-state index in [1.807, 2.05) is 25.1 Å². The number of benzene rings is 1. The quantitative estimate of drug-likeness (QED) is 0.647. The minimum atomic E-state index is -2.74. The second kappa shape index (κ2) is 8.22. The van der Waals surface area contributed by atoms with Crippen LogP contribution in [0.25, 0.3) is 16.9 Å². The number of amides is 1. The van der Waals surface area contributed by atoms with Crippen molar-refractivity contribution in [3.8, 4) is 11.3 Å². The molecule has 142 valence electrons. The molecule has 0 saturated heterocycles. The van der Waals surface area contributed by atoms with Crippen LogP contribution < -0.4 is 5.32 Å². The van der Waals surface area contributed by atoms with E-state index < -0.39 is 6.43 Å². The van der Waals surface area contributed by atoms with Crippen molar-refractivity contribution in [2.24, 2.45) is 0 Å². The van der Waals surface area contributed by atoms with Crippen molar-refractivity contribution in [1.29, 1.82) is 0 Å². The standard InChI is InChI=1S/C19H21F2N5O/c1-25(2)10-6-9-22-19(27)14-12-23-26-16(17(20)21)11-15(24-18(14)26)13-7-4-3-5-8-13/h3-5,7-8,11-12,17H,6,9-10H2,1-2H3,(H,22,27). The van der Waals surface area contributed by atoms with Gasteiger partial charge in [0, 0.05) is 12.1 Å². The summed E-state index contributed by atoms with van der Waals surface area (Å²) in [6.07, 6.45) is -0.679. The number of halogens is 2. The Balaban J connectivity index is 1.95. The molecule has 2 aromatic heterocycles. The van der Waals surface area contributed by atoms with Crippen molar-refractivity contribution in [2.45, 2.75) is 12.8 Å². The molecule has 6 nitrogen and oxygen atoms in total. The molecule has 0 bridgehead atoms. The molecule has 0 aliphatic heterocycles. The number of carbonyl (C=O) groups excluding carboxylic acids is 1. The first kappa shape index (κ1) is 18.9. The molecule has 0 saturated carbocycles. The summed E-state index contributed by atoms with van der Waals surface area (Å²) < 4.78 is 28.1. The molecule has 3 aromatic rings. The lowest BCUT2D eigenvalue weighted by molar-refractivity contribution is 0.0953. The summed E-state index contributed by atoms with van der Waals surface area (Å²) in [6, 6.07) is 10.3. The highest BCUT2D eigenvalue weighted by molar-refractivity contribution is 5.99. The molecular weight excluding hydrogens is 352 g/mol. The zero-order valence-electron chi connectivity index (χ0n) is 15.2. The van der Waals surface area contributed by atoms with E-state index in [1.165, 1.54) is 12.3 Å². The summed E-state index contributed by atoms with van der Waals surface area (Å²) in [7, 11) is 3.90. The highest BCUT2D eigenvalue weighted by Gasteiger charge is 2.21. The summed E-state index contributed by atoms with van der Waals surface area (Å²) >= 11 is 0. The number of nitrogens with one attached hydrogen (secondary N) is 1. The molecule has 1 aromatic carbocycles. The maximum atomic E-state index is 13.5. The number of fused-ring (bicyclic) bond motifs is 1. The number of carbonyl (C=O) groups is 1. The molecule has 0 spiro atoms. The first-order valence-corrected chi connectivity index (χ1v) is 8.62. The van der Waals surface area contributed by atoms with Gasteiger partial charge in [-0.3, -0.25) is 4.79 Å². The van der Waals surface area contributed by atoms with E-state index in [-0.39, 0.29) is 22.8 Å². The summed E-state index contributed by atoms with van der Waals surface area (Å²) in [5.41, 5.74) is 1.07. The Bertz CT molecular complexity index is 924. The minimum Gasteiger partial charge on any atom is -0.352 e. The van der Waals surface area contributed by atoms with E-state index in [1.54, 1.807) is 24.3 Å². The van der Waals surface area contributed by atoms with Gasteiger partial charge in [-0.25, -0.2) is 18.3 Å². The molecule has 0 fully saturated rings. The molecule has 0 atom stereocenters. The topological polar surface area (TPSA) is 62.5 Å². The van der Waals surface area contributed by atoms with Crippen LogP contribution in [-0.2, 0) is 0 Å². The third-order valence-corrected chi connectivity index (χ3v) is 4.10. The molecule has 0 unspecified atom stereocenters. The monoisotopic (exact) mass is 373 g/mol. The highest BCUT2D eigenvalue weighted by Crippen LogP contribution is 2.26. The lowest BCUT2D eigenvalue weighted by Gasteiger charge is -2.10. The lowest BCUT2D eigenvalue weighted by atomic mass is 10.1. The molecule has 3 rings (SSSR count). The minimum absolute atomic E-state index is 0.122. The molecular formula is C19H21F2N5O. The van der Waals surface area contributed by atoms with E-state index >= 15 is 0 Å². The zero-order valence-corrected chi connectivity index (χ0v) is 15.2. The third-order valence-electron chi connectivity index (χ3n) is 4.10. The van der Waals surface area contributed by atoms with Crippen molar-refractivity contribution >= 4 is 11.6 Å². The van der Waals surface area contributed by atoms with E-state index in [2.05, 4.69) is 15.4 Å². The Morgan fingerprint density at radius 1 is 1.26 bits per heavy atom. The van der Waals surface area contributed by atoms with Gasteiger partial charge < -0.3 is 10.2 Å². The second-order valence-corrected chi connectivity index (χ2v) is 6.44. The molecule has 2 heterocycles. The fourth-order valence-corrected chi connectivity index (χ4v) is 2.75. The van der Waals surface area contributed by atoms with E-state index in [9.17, 15) is 13.6 Å². The van der Waals surface area contributed by atoms with Crippen LogP contribution in [-0.4, -0.2) is 52.6 Å². The van der Waals surface area contributed by atoms with Crippen molar-refractivity contribution in [2.75, 3.05) is 27.2 Å². The molecule has 8 heteroatoms. The molecule has 0 aliphatic carbocycles. The Hall–Kier alpha value is -2.87. The molecule has 0 radical (unpaired) electrons. The summed E-state index contributed by atoms with van der Waals surface area (Å²) in [4.78, 5) is 18.9. The van der Waals surface area contributed by atoms with Gasteiger partial charge in [0.05, 0.1) is 11.9 Å². The summed E-state index contributed by atoms with van der Waals surface area (Å²) in [6.45, 7) is 1.31. The number of hydrogen-bond donors (Lipinski definition) is 1. The van der Waals surface area contributed by atoms with Gasteiger partial charge in [0.15, 0.2) is 5.65 Å². The van der Waals surface area contributed by atoms with Crippen LogP contribution in [0.1, 0.15) is 28.9 Å². The second-order valence-electron chi connectivity index (χ2n) is 6.44. The largest absolute Gasteiger partial charge is 0.352 e. The highest BCUT2D eigenvalue weighted by atomic mass is 19.3. The first-order chi connectivity index (χ1) is 13.0. The van der Waals surface area contributed by atoms with E-state index in [0.717, 1.165) is 17.5 Å². The van der Waals surface area contributed by atoms with Crippen LogP contribution in [0.2, 0.25) is 0 Å². The normalized spacial score (nSPS) is 11.5. The first-order valence-electron chi connectivity index (χ1n) is 8.62. The molecule has 0 aliphatic rings. The summed E-state index contributed by atoms with van der Waals surface area (Å²) in [5.74, 6) is -0.373. The maximum absolute atomic E-state index is 13.5. The van der Waals surface area contributed by atoms with Gasteiger partial charge in [-0.1, -0.05) is 30.3 Å². The Kier molecular flexibility index (Phi) is 5.75. The lowest BCUT2D eigenvalue weighted by Crippen LogP contribution is -2.27. The van der Waals surface area contributed by atoms with E-state index in [4.69, 9.17) is 0 Å². The summed E-state index contributed by atoms with van der Waals surface area (Å²) in [5, 5.41) is 6.75. The number of rotatable bonds is 7. The van der Waals surface area contributed by atoms with Crippen molar-refractivity contribution in [3.63, 3.8) is 0 Å². The van der Waals surface area contributed by atoms with Gasteiger partial charge in [0.2, 0.25) is 0 Å². The Morgan fingerprint density at radius 2 is 2.00 bits per heavy atom. The van der Waals surface area contributed by atoms with Crippen LogP contribution >= 0.6 is 0 Å². The van der Waals surface area contributed by atoms with Crippen LogP contribution in [0.5, 0.6) is 0 Å². The smallest absolute Gasteiger partial charge is 0.280 e. The van der Waals surface area contributed by atoms with Crippen LogP contribution in [0.15, 0.2) is 42.6 Å². The van der Waals surface area contributed by atoms with Crippen molar-refractivity contribution < 1.29 is 13.6 Å². The van der Waals surface area contributed by atoms with Gasteiger partial charge in [0.1, 0.15) is 11.3 Å². The van der Waals surface area contributed by atoms with Gasteiger partial charge in [-0.2, -0.15) is 5.10 Å². The Labute approximate surface area is 155 Å². The number of nitrogens with zero attached hydrogens (tertiary/aromatic N) is 4. The van der Waals surface area contributed by atoms with Crippen LogP contribution in [0.4, 0.5) is 8.78 Å². The van der Waals surface area contributed by atoms with Gasteiger partial charge in [-0.05, 0) is 33.1 Å².